The number of carbonyl (C=O) groups excluding carboxylic acids is 1. The molecule has 44 heavy (non-hydrogen) atoms. The summed E-state index contributed by atoms with van der Waals surface area (Å²) < 4.78 is 14.6. The molecule has 0 bridgehead atoms. The SMILES string of the molecule is CCSc1ccc(O)cc1CN1CCN(C(=O)[C@H](N)C2CCN(CCc3cc(Cl)ccc3-c3cc(O)ccc3F)CC2)CC1. The second-order valence-electron chi connectivity index (χ2n) is 11.7. The molecule has 3 aromatic rings. The molecular formula is C34H42ClFN4O3S. The molecule has 1 atom stereocenters. The molecule has 0 saturated carbocycles. The van der Waals surface area contributed by atoms with Crippen molar-refractivity contribution < 1.29 is 19.4 Å². The Labute approximate surface area is 268 Å². The average molecular weight is 641 g/mol. The summed E-state index contributed by atoms with van der Waals surface area (Å²) in [6.07, 6.45) is 2.39. The molecule has 0 unspecified atom stereocenters. The molecule has 0 spiro atoms. The maximum absolute atomic E-state index is 14.6. The predicted molar refractivity (Wildman–Crippen MR) is 176 cm³/mol. The average Bonchev–Trinajstić information content (AvgIpc) is 3.03. The minimum Gasteiger partial charge on any atom is -0.508 e. The van der Waals surface area contributed by atoms with Crippen molar-refractivity contribution in [3.05, 3.63) is 76.6 Å². The van der Waals surface area contributed by atoms with Crippen molar-refractivity contribution in [2.24, 2.45) is 11.7 Å². The Balaban J connectivity index is 1.10. The van der Waals surface area contributed by atoms with Crippen molar-refractivity contribution in [3.8, 4) is 22.6 Å². The van der Waals surface area contributed by atoms with E-state index >= 15 is 0 Å². The summed E-state index contributed by atoms with van der Waals surface area (Å²) in [6.45, 7) is 8.21. The van der Waals surface area contributed by atoms with Crippen LogP contribution in [0.4, 0.5) is 4.39 Å². The number of nitrogens with zero attached hydrogens (tertiary/aromatic N) is 3. The molecule has 4 N–H and O–H groups in total. The second-order valence-corrected chi connectivity index (χ2v) is 13.5. The van der Waals surface area contributed by atoms with E-state index in [0.29, 0.717) is 30.1 Å². The number of piperidine rings is 1. The minimum atomic E-state index is -0.504. The highest BCUT2D eigenvalue weighted by atomic mass is 35.5. The van der Waals surface area contributed by atoms with Gasteiger partial charge in [0.15, 0.2) is 0 Å². The fraction of sp³-hybridized carbons (Fsp3) is 0.441. The summed E-state index contributed by atoms with van der Waals surface area (Å²) in [6, 6.07) is 14.5. The van der Waals surface area contributed by atoms with Crippen LogP contribution in [0.3, 0.4) is 0 Å². The Kier molecular flexibility index (Phi) is 11.1. The second kappa shape index (κ2) is 15.0. The number of hydrogen-bond donors (Lipinski definition) is 3. The molecule has 236 valence electrons. The fourth-order valence-corrected chi connectivity index (χ4v) is 7.31. The normalized spacial score (nSPS) is 17.6. The highest BCUT2D eigenvalue weighted by Crippen LogP contribution is 2.32. The van der Waals surface area contributed by atoms with E-state index in [9.17, 15) is 19.4 Å². The first-order valence-electron chi connectivity index (χ1n) is 15.4. The van der Waals surface area contributed by atoms with E-state index in [1.807, 2.05) is 29.2 Å². The Morgan fingerprint density at radius 1 is 0.932 bits per heavy atom. The van der Waals surface area contributed by atoms with Gasteiger partial charge < -0.3 is 25.7 Å². The van der Waals surface area contributed by atoms with Gasteiger partial charge in [-0.25, -0.2) is 4.39 Å². The Hall–Kier alpha value is -2.82. The van der Waals surface area contributed by atoms with Gasteiger partial charge in [-0.05, 0) is 109 Å². The molecule has 2 heterocycles. The molecular weight excluding hydrogens is 599 g/mol. The van der Waals surface area contributed by atoms with Crippen LogP contribution in [0, 0.1) is 11.7 Å². The maximum atomic E-state index is 14.6. The number of phenolic OH excluding ortho intramolecular Hbond substituents is 2. The van der Waals surface area contributed by atoms with Gasteiger partial charge >= 0.3 is 0 Å². The molecule has 7 nitrogen and oxygen atoms in total. The van der Waals surface area contributed by atoms with E-state index in [4.69, 9.17) is 17.3 Å². The number of amides is 1. The van der Waals surface area contributed by atoms with Crippen LogP contribution in [0.5, 0.6) is 11.5 Å². The lowest BCUT2D eigenvalue weighted by atomic mass is 9.88. The van der Waals surface area contributed by atoms with Gasteiger partial charge in [-0.15, -0.1) is 11.8 Å². The number of aromatic hydroxyl groups is 2. The number of hydrogen-bond acceptors (Lipinski definition) is 7. The summed E-state index contributed by atoms with van der Waals surface area (Å²) in [5, 5.41) is 20.5. The zero-order chi connectivity index (χ0) is 31.2. The molecule has 2 fully saturated rings. The van der Waals surface area contributed by atoms with Gasteiger partial charge in [-0.2, -0.15) is 0 Å². The molecule has 10 heteroatoms. The van der Waals surface area contributed by atoms with Crippen molar-refractivity contribution >= 4 is 29.3 Å². The molecule has 0 radical (unpaired) electrons. The van der Waals surface area contributed by atoms with Crippen LogP contribution in [0.25, 0.3) is 11.1 Å². The van der Waals surface area contributed by atoms with Crippen LogP contribution in [0.15, 0.2) is 59.5 Å². The smallest absolute Gasteiger partial charge is 0.239 e. The van der Waals surface area contributed by atoms with E-state index in [2.05, 4.69) is 16.7 Å². The number of likely N-dealkylation sites (tertiary alicyclic amines) is 1. The molecule has 2 aliphatic rings. The standard InChI is InChI=1S/C34H42ClFN4O3S/c1-2-44-32-8-5-27(41)20-25(32)22-39-15-17-40(18-16-39)34(43)33(37)23-9-12-38(13-10-23)14-11-24-19-26(35)3-6-29(24)30-21-28(42)4-7-31(30)36/h3-8,19-21,23,33,41-42H,2,9-18,22,37H2,1H3/t33-/m1/s1. The molecule has 2 saturated heterocycles. The number of nitrogens with two attached hydrogens (primary N) is 1. The summed E-state index contributed by atoms with van der Waals surface area (Å²) in [5.41, 5.74) is 9.71. The van der Waals surface area contributed by atoms with Crippen LogP contribution in [-0.4, -0.2) is 88.4 Å². The zero-order valence-corrected chi connectivity index (χ0v) is 26.8. The number of rotatable bonds is 10. The molecule has 3 aromatic carbocycles. The minimum absolute atomic E-state index is 0.0191. The van der Waals surface area contributed by atoms with Crippen molar-refractivity contribution in [3.63, 3.8) is 0 Å². The summed E-state index contributed by atoms with van der Waals surface area (Å²) in [5.74, 6) is 1.07. The third kappa shape index (κ3) is 8.06. The van der Waals surface area contributed by atoms with Crippen LogP contribution >= 0.6 is 23.4 Å². The van der Waals surface area contributed by atoms with Crippen LogP contribution in [0.1, 0.15) is 30.9 Å². The third-order valence-corrected chi connectivity index (χ3v) is 10.1. The Bertz CT molecular complexity index is 1440. The largest absolute Gasteiger partial charge is 0.508 e. The molecule has 1 amide bonds. The highest BCUT2D eigenvalue weighted by Gasteiger charge is 2.33. The summed E-state index contributed by atoms with van der Waals surface area (Å²) in [7, 11) is 0. The Morgan fingerprint density at radius 3 is 2.36 bits per heavy atom. The topological polar surface area (TPSA) is 93.3 Å². The van der Waals surface area contributed by atoms with Gasteiger partial charge in [0.2, 0.25) is 5.91 Å². The van der Waals surface area contributed by atoms with Crippen LogP contribution < -0.4 is 5.73 Å². The number of thioether (sulfide) groups is 1. The highest BCUT2D eigenvalue weighted by molar-refractivity contribution is 7.99. The van der Waals surface area contributed by atoms with Gasteiger partial charge in [0.05, 0.1) is 6.04 Å². The third-order valence-electron chi connectivity index (χ3n) is 8.85. The van der Waals surface area contributed by atoms with Crippen LogP contribution in [-0.2, 0) is 17.8 Å². The number of benzene rings is 3. The van der Waals surface area contributed by atoms with Gasteiger partial charge in [-0.3, -0.25) is 9.69 Å². The summed E-state index contributed by atoms with van der Waals surface area (Å²) >= 11 is 8.07. The Morgan fingerprint density at radius 2 is 1.64 bits per heavy atom. The van der Waals surface area contributed by atoms with E-state index < -0.39 is 6.04 Å². The van der Waals surface area contributed by atoms with E-state index in [0.717, 1.165) is 74.6 Å². The fourth-order valence-electron chi connectivity index (χ4n) is 6.33. The molecule has 2 aliphatic heterocycles. The van der Waals surface area contributed by atoms with Crippen LogP contribution in [0.2, 0.25) is 5.02 Å². The number of halogens is 2. The van der Waals surface area contributed by atoms with Crippen molar-refractivity contribution in [2.75, 3.05) is 51.6 Å². The maximum Gasteiger partial charge on any atom is 0.239 e. The van der Waals surface area contributed by atoms with E-state index in [1.54, 1.807) is 23.9 Å². The van der Waals surface area contributed by atoms with Crippen molar-refractivity contribution in [1.29, 1.82) is 0 Å². The lowest BCUT2D eigenvalue weighted by molar-refractivity contribution is -0.136. The first kappa shape index (κ1) is 32.6. The lowest BCUT2D eigenvalue weighted by Crippen LogP contribution is -2.55. The van der Waals surface area contributed by atoms with Gasteiger partial charge in [0.1, 0.15) is 17.3 Å². The van der Waals surface area contributed by atoms with E-state index in [-0.39, 0.29) is 29.1 Å². The molecule has 5 rings (SSSR count). The zero-order valence-electron chi connectivity index (χ0n) is 25.2. The number of piperazine rings is 1. The molecule has 0 aliphatic carbocycles. The van der Waals surface area contributed by atoms with Gasteiger partial charge in [0.25, 0.3) is 0 Å². The van der Waals surface area contributed by atoms with Gasteiger partial charge in [-0.1, -0.05) is 24.6 Å². The number of carbonyl (C=O) groups is 1. The monoisotopic (exact) mass is 640 g/mol. The number of phenols is 2. The van der Waals surface area contributed by atoms with Crippen molar-refractivity contribution in [1.82, 2.24) is 14.7 Å². The lowest BCUT2D eigenvalue weighted by Gasteiger charge is -2.39. The predicted octanol–water partition coefficient (Wildman–Crippen LogP) is 5.60. The quantitative estimate of drug-likeness (QED) is 0.249. The van der Waals surface area contributed by atoms with Gasteiger partial charge in [0, 0.05) is 54.8 Å². The van der Waals surface area contributed by atoms with E-state index in [1.165, 1.54) is 23.1 Å². The first-order valence-corrected chi connectivity index (χ1v) is 16.8. The summed E-state index contributed by atoms with van der Waals surface area (Å²) in [4.78, 5) is 21.2. The van der Waals surface area contributed by atoms with Crippen molar-refractivity contribution in [2.45, 2.75) is 43.7 Å². The molecule has 0 aromatic heterocycles. The first-order chi connectivity index (χ1) is 21.2.